The van der Waals surface area contributed by atoms with Gasteiger partial charge in [0.15, 0.2) is 5.78 Å². The maximum atomic E-state index is 12.9. The second kappa shape index (κ2) is 10.4. The Balaban J connectivity index is 1.45. The molecule has 7 heteroatoms. The van der Waals surface area contributed by atoms with E-state index >= 15 is 0 Å². The highest BCUT2D eigenvalue weighted by atomic mass is 16.1. The molecule has 0 saturated heterocycles. The molecule has 7 nitrogen and oxygen atoms in total. The average Bonchev–Trinajstić information content (AvgIpc) is 3.62. The van der Waals surface area contributed by atoms with E-state index in [0.717, 1.165) is 36.1 Å². The maximum absolute atomic E-state index is 12.9. The van der Waals surface area contributed by atoms with Crippen LogP contribution in [0.1, 0.15) is 80.5 Å². The molecule has 0 unspecified atom stereocenters. The van der Waals surface area contributed by atoms with Crippen molar-refractivity contribution in [3.63, 3.8) is 0 Å². The van der Waals surface area contributed by atoms with Gasteiger partial charge in [0, 0.05) is 41.7 Å². The normalized spacial score (nSPS) is 14.2. The Morgan fingerprint density at radius 2 is 1.83 bits per heavy atom. The Hall–Kier alpha value is -3.45. The molecule has 4 rings (SSSR count). The quantitative estimate of drug-likeness (QED) is 0.304. The number of nitrogens with one attached hydrogen (secondary N) is 2. The number of ketones is 1. The van der Waals surface area contributed by atoms with Crippen molar-refractivity contribution in [2.24, 2.45) is 0 Å². The summed E-state index contributed by atoms with van der Waals surface area (Å²) >= 11 is 0. The summed E-state index contributed by atoms with van der Waals surface area (Å²) in [6, 6.07) is 11.1. The number of aromatic nitrogens is 3. The molecule has 1 fully saturated rings. The van der Waals surface area contributed by atoms with E-state index in [4.69, 9.17) is 5.41 Å². The van der Waals surface area contributed by atoms with E-state index in [0.29, 0.717) is 5.69 Å². The Morgan fingerprint density at radius 3 is 2.49 bits per heavy atom. The summed E-state index contributed by atoms with van der Waals surface area (Å²) in [5, 5.41) is 12.0. The predicted octanol–water partition coefficient (Wildman–Crippen LogP) is 4.95. The number of hydrogen-bond acceptors (Lipinski definition) is 6. The fourth-order valence-electron chi connectivity index (χ4n) is 4.12. The minimum Gasteiger partial charge on any atom is -0.312 e. The third-order valence-corrected chi connectivity index (χ3v) is 6.85. The van der Waals surface area contributed by atoms with Crippen LogP contribution in [0, 0.1) is 5.41 Å². The Bertz CT molecular complexity index is 1270. The van der Waals surface area contributed by atoms with Gasteiger partial charge in [-0.25, -0.2) is 4.98 Å². The summed E-state index contributed by atoms with van der Waals surface area (Å²) in [6.07, 6.45) is 8.89. The van der Waals surface area contributed by atoms with Gasteiger partial charge in [-0.3, -0.25) is 14.6 Å². The summed E-state index contributed by atoms with van der Waals surface area (Å²) in [5.41, 5.74) is 3.83. The molecule has 0 aliphatic heterocycles. The zero-order chi connectivity index (χ0) is 25.0. The van der Waals surface area contributed by atoms with Crippen molar-refractivity contribution in [1.82, 2.24) is 19.9 Å². The Kier molecular flexibility index (Phi) is 7.36. The highest BCUT2D eigenvalue weighted by Crippen LogP contribution is 2.34. The molecule has 1 aliphatic carbocycles. The van der Waals surface area contributed by atoms with Gasteiger partial charge in [0.25, 0.3) is 5.56 Å². The molecule has 182 valence electrons. The number of rotatable bonds is 11. The molecule has 1 aromatic carbocycles. The van der Waals surface area contributed by atoms with Crippen LogP contribution < -0.4 is 10.9 Å². The number of Topliss-reactive ketones (excluding diaryl/α,β-unsaturated/α-hetero) is 1. The number of nitrogens with zero attached hydrogens (tertiary/aromatic N) is 3. The van der Waals surface area contributed by atoms with Gasteiger partial charge in [0.1, 0.15) is 5.69 Å². The van der Waals surface area contributed by atoms with Gasteiger partial charge in [-0.2, -0.15) is 0 Å². The van der Waals surface area contributed by atoms with Gasteiger partial charge >= 0.3 is 0 Å². The molecule has 2 aromatic heterocycles. The van der Waals surface area contributed by atoms with Crippen molar-refractivity contribution >= 4 is 11.5 Å². The minimum atomic E-state index is -0.259. The first-order valence-corrected chi connectivity index (χ1v) is 12.3. The molecule has 35 heavy (non-hydrogen) atoms. The molecule has 0 atom stereocenters. The zero-order valence-electron chi connectivity index (χ0n) is 20.7. The Morgan fingerprint density at radius 1 is 1.11 bits per heavy atom. The van der Waals surface area contributed by atoms with Crippen molar-refractivity contribution < 1.29 is 4.79 Å². The lowest BCUT2D eigenvalue weighted by atomic mass is 10.0. The molecule has 0 radical (unpaired) electrons. The van der Waals surface area contributed by atoms with Crippen LogP contribution in [0.4, 0.5) is 0 Å². The van der Waals surface area contributed by atoms with Crippen molar-refractivity contribution in [3.8, 4) is 11.3 Å². The highest BCUT2D eigenvalue weighted by molar-refractivity contribution is 6.14. The monoisotopic (exact) mass is 471 g/mol. The SMILES string of the molecule is CCC(CC)n1cc(-c2cncc(C(=O)CC(=N)c3ccc(CNC4(C)CC4)cc3)n2)ccc1=O. The van der Waals surface area contributed by atoms with Crippen LogP contribution in [0.5, 0.6) is 0 Å². The van der Waals surface area contributed by atoms with Crippen LogP contribution in [-0.4, -0.2) is 31.6 Å². The van der Waals surface area contributed by atoms with E-state index in [2.05, 4.69) is 36.1 Å². The lowest BCUT2D eigenvalue weighted by Crippen LogP contribution is -2.26. The number of hydrogen-bond donors (Lipinski definition) is 2. The van der Waals surface area contributed by atoms with E-state index in [1.165, 1.54) is 25.1 Å². The first-order chi connectivity index (χ1) is 16.8. The topological polar surface area (TPSA) is 101 Å². The van der Waals surface area contributed by atoms with Crippen molar-refractivity contribution in [2.75, 3.05) is 0 Å². The molecule has 1 saturated carbocycles. The largest absolute Gasteiger partial charge is 0.312 e. The summed E-state index contributed by atoms with van der Waals surface area (Å²) < 4.78 is 1.73. The van der Waals surface area contributed by atoms with E-state index in [9.17, 15) is 9.59 Å². The molecule has 0 amide bonds. The summed E-state index contributed by atoms with van der Waals surface area (Å²) in [5.74, 6) is -0.259. The second-order valence-corrected chi connectivity index (χ2v) is 9.61. The van der Waals surface area contributed by atoms with Crippen molar-refractivity contribution in [2.45, 2.75) is 71.0 Å². The van der Waals surface area contributed by atoms with Crippen LogP contribution in [-0.2, 0) is 6.54 Å². The second-order valence-electron chi connectivity index (χ2n) is 9.61. The molecule has 3 aromatic rings. The number of pyridine rings is 1. The van der Waals surface area contributed by atoms with Crippen molar-refractivity contribution in [3.05, 3.63) is 82.2 Å². The Labute approximate surface area is 206 Å². The zero-order valence-corrected chi connectivity index (χ0v) is 20.7. The van der Waals surface area contributed by atoms with Gasteiger partial charge in [-0.1, -0.05) is 38.1 Å². The van der Waals surface area contributed by atoms with Gasteiger partial charge in [0.05, 0.1) is 24.5 Å². The molecule has 0 bridgehead atoms. The first-order valence-electron chi connectivity index (χ1n) is 12.3. The summed E-state index contributed by atoms with van der Waals surface area (Å²) in [4.78, 5) is 34.0. The van der Waals surface area contributed by atoms with Gasteiger partial charge < -0.3 is 15.3 Å². The van der Waals surface area contributed by atoms with Gasteiger partial charge in [-0.15, -0.1) is 0 Å². The fourth-order valence-corrected chi connectivity index (χ4v) is 4.12. The van der Waals surface area contributed by atoms with Crippen molar-refractivity contribution in [1.29, 1.82) is 5.41 Å². The van der Waals surface area contributed by atoms with Crippen LogP contribution in [0.2, 0.25) is 0 Å². The fraction of sp³-hybridized carbons (Fsp3) is 0.393. The van der Waals surface area contributed by atoms with E-state index in [1.54, 1.807) is 23.0 Å². The minimum absolute atomic E-state index is 0.0545. The third-order valence-electron chi connectivity index (χ3n) is 6.85. The maximum Gasteiger partial charge on any atom is 0.250 e. The van der Waals surface area contributed by atoms with Gasteiger partial charge in [0.2, 0.25) is 0 Å². The van der Waals surface area contributed by atoms with E-state index in [1.807, 2.05) is 24.3 Å². The van der Waals surface area contributed by atoms with E-state index in [-0.39, 0.29) is 40.7 Å². The lowest BCUT2D eigenvalue weighted by Gasteiger charge is -2.17. The average molecular weight is 472 g/mol. The molecular formula is C28H33N5O2. The summed E-state index contributed by atoms with van der Waals surface area (Å²) in [6.45, 7) is 7.14. The lowest BCUT2D eigenvalue weighted by molar-refractivity contribution is 0.0995. The highest BCUT2D eigenvalue weighted by Gasteiger charge is 2.36. The summed E-state index contributed by atoms with van der Waals surface area (Å²) in [7, 11) is 0. The van der Waals surface area contributed by atoms with Crippen LogP contribution in [0.3, 0.4) is 0 Å². The number of benzene rings is 1. The molecule has 2 heterocycles. The van der Waals surface area contributed by atoms with Crippen LogP contribution in [0.25, 0.3) is 11.3 Å². The number of carbonyl (C=O) groups is 1. The smallest absolute Gasteiger partial charge is 0.250 e. The van der Waals surface area contributed by atoms with E-state index < -0.39 is 0 Å². The van der Waals surface area contributed by atoms with Crippen LogP contribution >= 0.6 is 0 Å². The predicted molar refractivity (Wildman–Crippen MR) is 138 cm³/mol. The van der Waals surface area contributed by atoms with Crippen LogP contribution in [0.15, 0.2) is 59.8 Å². The molecule has 1 aliphatic rings. The third kappa shape index (κ3) is 5.98. The molecule has 2 N–H and O–H groups in total. The number of carbonyl (C=O) groups excluding carboxylic acids is 1. The standard InChI is InChI=1S/C28H33N5O2/c1-4-22(5-2)33-18-21(10-11-27(33)35)24-16-30-17-25(32-24)26(34)14-23(29)20-8-6-19(7-9-20)15-31-28(3)12-13-28/h6-11,16-18,22,29,31H,4-5,12-15H2,1-3H3. The first kappa shape index (κ1) is 24.7. The molecular weight excluding hydrogens is 438 g/mol. The van der Waals surface area contributed by atoms with Gasteiger partial charge in [-0.05, 0) is 49.8 Å². The molecule has 0 spiro atoms.